The van der Waals surface area contributed by atoms with Gasteiger partial charge in [0.1, 0.15) is 16.8 Å². The van der Waals surface area contributed by atoms with E-state index in [0.717, 1.165) is 22.2 Å². The van der Waals surface area contributed by atoms with Crippen LogP contribution < -0.4 is 15.0 Å². The number of ether oxygens (including phenoxy) is 1. The summed E-state index contributed by atoms with van der Waals surface area (Å²) in [6.07, 6.45) is 0.332. The lowest BCUT2D eigenvalue weighted by molar-refractivity contribution is -0.121. The van der Waals surface area contributed by atoms with Gasteiger partial charge in [-0.15, -0.1) is 0 Å². The summed E-state index contributed by atoms with van der Waals surface area (Å²) >= 11 is 1.17. The van der Waals surface area contributed by atoms with E-state index in [1.54, 1.807) is 4.90 Å². The van der Waals surface area contributed by atoms with Crippen LogP contribution in [0.3, 0.4) is 0 Å². The van der Waals surface area contributed by atoms with Gasteiger partial charge in [0.25, 0.3) is 5.91 Å². The monoisotopic (exact) mass is 380 g/mol. The molecule has 1 atom stereocenters. The Balaban J connectivity index is 1.69. The van der Waals surface area contributed by atoms with Gasteiger partial charge in [0.2, 0.25) is 5.91 Å². The highest BCUT2D eigenvalue weighted by Crippen LogP contribution is 2.45. The third kappa shape index (κ3) is 2.48. The fraction of sp³-hybridized carbons (Fsp3) is 0.263. The summed E-state index contributed by atoms with van der Waals surface area (Å²) in [6.45, 7) is 2.50. The van der Waals surface area contributed by atoms with E-state index in [-0.39, 0.29) is 24.3 Å². The van der Waals surface area contributed by atoms with E-state index in [9.17, 15) is 9.59 Å². The molecule has 0 saturated heterocycles. The number of fused-ring (bicyclic) bond motifs is 3. The maximum absolute atomic E-state index is 12.4. The first-order chi connectivity index (χ1) is 13.2. The van der Waals surface area contributed by atoms with Crippen molar-refractivity contribution in [1.29, 1.82) is 0 Å². The van der Waals surface area contributed by atoms with Crippen molar-refractivity contribution in [2.24, 2.45) is 0 Å². The molecule has 3 heterocycles. The molecule has 0 fully saturated rings. The van der Waals surface area contributed by atoms with Gasteiger partial charge in [-0.3, -0.25) is 9.59 Å². The van der Waals surface area contributed by atoms with Crippen LogP contribution in [0.1, 0.15) is 30.4 Å². The molecule has 136 valence electrons. The maximum atomic E-state index is 12.4. The van der Waals surface area contributed by atoms with E-state index in [2.05, 4.69) is 14.1 Å². The van der Waals surface area contributed by atoms with Crippen molar-refractivity contribution in [2.45, 2.75) is 19.3 Å². The number of carbonyl (C=O) groups excluding carboxylic acids is 2. The first kappa shape index (κ1) is 16.2. The van der Waals surface area contributed by atoms with Crippen molar-refractivity contribution in [3.8, 4) is 5.75 Å². The molecule has 8 heteroatoms. The quantitative estimate of drug-likeness (QED) is 0.739. The van der Waals surface area contributed by atoms with E-state index in [1.807, 2.05) is 37.3 Å². The number of aromatic nitrogens is 2. The lowest BCUT2D eigenvalue weighted by Gasteiger charge is -2.32. The molecule has 2 aliphatic heterocycles. The highest BCUT2D eigenvalue weighted by Gasteiger charge is 2.33. The minimum Gasteiger partial charge on any atom is -0.482 e. The maximum Gasteiger partial charge on any atom is 0.265 e. The highest BCUT2D eigenvalue weighted by atomic mass is 32.1. The zero-order valence-corrected chi connectivity index (χ0v) is 15.4. The third-order valence-corrected chi connectivity index (χ3v) is 5.66. The first-order valence-corrected chi connectivity index (χ1v) is 9.51. The Morgan fingerprint density at radius 3 is 3.00 bits per heavy atom. The molecule has 27 heavy (non-hydrogen) atoms. The molecule has 0 spiro atoms. The van der Waals surface area contributed by atoms with Crippen LogP contribution in [0.15, 0.2) is 30.3 Å². The SMILES string of the molecule is CCN1C(=O)COc2cc3c(cc21)NC(=O)C[C@@H]3c1cccc2nsnc12. The second-order valence-corrected chi connectivity index (χ2v) is 7.15. The molecule has 2 amide bonds. The predicted octanol–water partition coefficient (Wildman–Crippen LogP) is 2.91. The van der Waals surface area contributed by atoms with Gasteiger partial charge in [0.15, 0.2) is 6.61 Å². The average Bonchev–Trinajstić information content (AvgIpc) is 3.15. The van der Waals surface area contributed by atoms with Crippen LogP contribution in [0, 0.1) is 0 Å². The summed E-state index contributed by atoms with van der Waals surface area (Å²) in [4.78, 5) is 26.2. The standard InChI is InChI=1S/C19H16N4O3S/c1-2-23-15-8-14-12(6-16(15)26-9-18(23)25)11(7-17(24)20-14)10-4-3-5-13-19(10)22-27-21-13/h3-6,8,11H,2,7,9H2,1H3,(H,20,24)/t11-/m1/s1. The summed E-state index contributed by atoms with van der Waals surface area (Å²) < 4.78 is 14.4. The van der Waals surface area contributed by atoms with Crippen LogP contribution in [0.5, 0.6) is 5.75 Å². The Kier molecular flexibility index (Phi) is 3.61. The molecule has 0 unspecified atom stereocenters. The summed E-state index contributed by atoms with van der Waals surface area (Å²) in [5, 5.41) is 2.95. The van der Waals surface area contributed by atoms with E-state index >= 15 is 0 Å². The van der Waals surface area contributed by atoms with Gasteiger partial charge in [-0.25, -0.2) is 0 Å². The topological polar surface area (TPSA) is 84.4 Å². The van der Waals surface area contributed by atoms with E-state index in [4.69, 9.17) is 4.74 Å². The van der Waals surface area contributed by atoms with Gasteiger partial charge >= 0.3 is 0 Å². The van der Waals surface area contributed by atoms with Crippen LogP contribution in [0.25, 0.3) is 11.0 Å². The van der Waals surface area contributed by atoms with Crippen molar-refractivity contribution in [3.63, 3.8) is 0 Å². The molecule has 1 N–H and O–H groups in total. The number of nitrogens with one attached hydrogen (secondary N) is 1. The summed E-state index contributed by atoms with van der Waals surface area (Å²) in [5.74, 6) is 0.392. The molecule has 0 aliphatic carbocycles. The van der Waals surface area contributed by atoms with Crippen molar-refractivity contribution < 1.29 is 14.3 Å². The zero-order chi connectivity index (χ0) is 18.5. The number of hydrogen-bond acceptors (Lipinski definition) is 6. The molecule has 2 aromatic carbocycles. The number of carbonyl (C=O) groups is 2. The summed E-state index contributed by atoms with van der Waals surface area (Å²) in [6, 6.07) is 9.65. The number of nitrogens with zero attached hydrogens (tertiary/aromatic N) is 3. The predicted molar refractivity (Wildman–Crippen MR) is 102 cm³/mol. The van der Waals surface area contributed by atoms with Crippen molar-refractivity contribution in [1.82, 2.24) is 8.75 Å². The number of hydrogen-bond donors (Lipinski definition) is 1. The van der Waals surface area contributed by atoms with Crippen LogP contribution in [-0.4, -0.2) is 33.7 Å². The number of benzene rings is 2. The first-order valence-electron chi connectivity index (χ1n) is 8.78. The molecule has 0 saturated carbocycles. The van der Waals surface area contributed by atoms with Gasteiger partial charge in [-0.1, -0.05) is 12.1 Å². The lowest BCUT2D eigenvalue weighted by Crippen LogP contribution is -2.39. The summed E-state index contributed by atoms with van der Waals surface area (Å²) in [7, 11) is 0. The third-order valence-electron chi connectivity index (χ3n) is 5.12. The Labute approximate surface area is 159 Å². The Morgan fingerprint density at radius 1 is 1.26 bits per heavy atom. The number of anilines is 2. The molecule has 2 aliphatic rings. The van der Waals surface area contributed by atoms with Gasteiger partial charge in [0, 0.05) is 24.6 Å². The Bertz CT molecular complexity index is 1090. The van der Waals surface area contributed by atoms with Crippen LogP contribution in [0.2, 0.25) is 0 Å². The minimum atomic E-state index is -0.136. The zero-order valence-electron chi connectivity index (χ0n) is 14.6. The second-order valence-electron chi connectivity index (χ2n) is 6.62. The number of rotatable bonds is 2. The van der Waals surface area contributed by atoms with Crippen molar-refractivity contribution in [3.05, 3.63) is 41.5 Å². The van der Waals surface area contributed by atoms with Gasteiger partial charge < -0.3 is 15.0 Å². The van der Waals surface area contributed by atoms with E-state index in [1.165, 1.54) is 11.7 Å². The Hall–Kier alpha value is -3.00. The van der Waals surface area contributed by atoms with E-state index < -0.39 is 0 Å². The Morgan fingerprint density at radius 2 is 2.15 bits per heavy atom. The molecule has 5 rings (SSSR count). The van der Waals surface area contributed by atoms with Crippen LogP contribution in [0.4, 0.5) is 11.4 Å². The van der Waals surface area contributed by atoms with Crippen LogP contribution >= 0.6 is 11.7 Å². The fourth-order valence-electron chi connectivity index (χ4n) is 3.89. The van der Waals surface area contributed by atoms with Gasteiger partial charge in [0.05, 0.1) is 17.4 Å². The molecule has 0 bridgehead atoms. The molecular formula is C19H16N4O3S. The van der Waals surface area contributed by atoms with Crippen molar-refractivity contribution in [2.75, 3.05) is 23.4 Å². The fourth-order valence-corrected chi connectivity index (χ4v) is 4.44. The average molecular weight is 380 g/mol. The largest absolute Gasteiger partial charge is 0.482 e. The van der Waals surface area contributed by atoms with Gasteiger partial charge in [-0.05, 0) is 36.2 Å². The van der Waals surface area contributed by atoms with Crippen molar-refractivity contribution >= 4 is 46.0 Å². The molecule has 7 nitrogen and oxygen atoms in total. The van der Waals surface area contributed by atoms with Crippen LogP contribution in [-0.2, 0) is 9.59 Å². The smallest absolute Gasteiger partial charge is 0.265 e. The molecule has 1 aromatic heterocycles. The normalized spacial score (nSPS) is 18.7. The minimum absolute atomic E-state index is 0.0300. The van der Waals surface area contributed by atoms with E-state index in [0.29, 0.717) is 30.1 Å². The second kappa shape index (κ2) is 6.02. The molecule has 3 aromatic rings. The number of amides is 2. The van der Waals surface area contributed by atoms with Gasteiger partial charge in [-0.2, -0.15) is 8.75 Å². The number of likely N-dealkylation sites (N-methyl/N-ethyl adjacent to an activating group) is 1. The molecular weight excluding hydrogens is 364 g/mol. The summed E-state index contributed by atoms with van der Waals surface area (Å²) in [5.41, 5.74) is 5.03. The lowest BCUT2D eigenvalue weighted by atomic mass is 9.83. The highest BCUT2D eigenvalue weighted by molar-refractivity contribution is 7.00. The molecule has 0 radical (unpaired) electrons.